The maximum Gasteiger partial charge on any atom is 0.265 e. The van der Waals surface area contributed by atoms with Crippen molar-refractivity contribution in [2.75, 3.05) is 11.9 Å². The van der Waals surface area contributed by atoms with Crippen molar-refractivity contribution in [1.29, 1.82) is 0 Å². The molecule has 1 amide bonds. The lowest BCUT2D eigenvalue weighted by molar-refractivity contribution is -0.122. The normalized spacial score (nSPS) is 11.6. The quantitative estimate of drug-likeness (QED) is 0.839. The van der Waals surface area contributed by atoms with Crippen LogP contribution in [0.3, 0.4) is 0 Å². The molecule has 0 saturated heterocycles. The Morgan fingerprint density at radius 1 is 1.09 bits per heavy atom. The van der Waals surface area contributed by atoms with E-state index >= 15 is 0 Å². The molecule has 0 aromatic heterocycles. The van der Waals surface area contributed by atoms with E-state index in [1.165, 1.54) is 12.1 Å². The van der Waals surface area contributed by atoms with E-state index in [2.05, 4.69) is 5.32 Å². The number of benzene rings is 2. The SMILES string of the molecule is CCOc1ccccc1NC(=O)[C@@H](CC)Oc1ccccc1F. The van der Waals surface area contributed by atoms with Gasteiger partial charge < -0.3 is 14.8 Å². The van der Waals surface area contributed by atoms with E-state index in [-0.39, 0.29) is 11.7 Å². The van der Waals surface area contributed by atoms with Crippen molar-refractivity contribution < 1.29 is 18.7 Å². The molecule has 2 aromatic carbocycles. The standard InChI is InChI=1S/C18H20FNO3/c1-3-15(23-16-11-7-5-9-13(16)19)18(21)20-14-10-6-8-12-17(14)22-4-2/h5-12,15H,3-4H2,1-2H3,(H,20,21)/t15-/m1/s1. The first-order chi connectivity index (χ1) is 11.2. The average Bonchev–Trinajstić information content (AvgIpc) is 2.56. The van der Waals surface area contributed by atoms with Crippen molar-refractivity contribution in [3.05, 3.63) is 54.3 Å². The van der Waals surface area contributed by atoms with Gasteiger partial charge in [-0.25, -0.2) is 4.39 Å². The minimum absolute atomic E-state index is 0.0626. The van der Waals surface area contributed by atoms with Crippen LogP contribution in [0, 0.1) is 5.82 Å². The van der Waals surface area contributed by atoms with Crippen LogP contribution in [0.4, 0.5) is 10.1 Å². The zero-order valence-corrected chi connectivity index (χ0v) is 13.2. The number of amides is 1. The number of para-hydroxylation sites is 3. The lowest BCUT2D eigenvalue weighted by atomic mass is 10.2. The number of ether oxygens (including phenoxy) is 2. The van der Waals surface area contributed by atoms with Crippen LogP contribution < -0.4 is 14.8 Å². The van der Waals surface area contributed by atoms with Crippen LogP contribution in [0.25, 0.3) is 0 Å². The fourth-order valence-corrected chi connectivity index (χ4v) is 2.08. The molecule has 0 unspecified atom stereocenters. The fourth-order valence-electron chi connectivity index (χ4n) is 2.08. The van der Waals surface area contributed by atoms with Crippen LogP contribution in [-0.2, 0) is 4.79 Å². The van der Waals surface area contributed by atoms with Crippen LogP contribution in [-0.4, -0.2) is 18.6 Å². The third kappa shape index (κ3) is 4.45. The van der Waals surface area contributed by atoms with E-state index < -0.39 is 11.9 Å². The van der Waals surface area contributed by atoms with E-state index in [0.717, 1.165) is 0 Å². The summed E-state index contributed by atoms with van der Waals surface area (Å²) in [6.45, 7) is 4.17. The Kier molecular flexibility index (Phi) is 5.97. The van der Waals surface area contributed by atoms with Crippen molar-refractivity contribution >= 4 is 11.6 Å². The summed E-state index contributed by atoms with van der Waals surface area (Å²) in [4.78, 5) is 12.4. The molecule has 0 saturated carbocycles. The summed E-state index contributed by atoms with van der Waals surface area (Å²) >= 11 is 0. The smallest absolute Gasteiger partial charge is 0.265 e. The first-order valence-corrected chi connectivity index (χ1v) is 7.59. The highest BCUT2D eigenvalue weighted by atomic mass is 19.1. The molecule has 1 atom stereocenters. The van der Waals surface area contributed by atoms with Crippen LogP contribution >= 0.6 is 0 Å². The molecule has 5 heteroatoms. The van der Waals surface area contributed by atoms with Gasteiger partial charge in [-0.15, -0.1) is 0 Å². The Bertz CT molecular complexity index is 660. The highest BCUT2D eigenvalue weighted by Crippen LogP contribution is 2.25. The van der Waals surface area contributed by atoms with Gasteiger partial charge in [0, 0.05) is 0 Å². The first-order valence-electron chi connectivity index (χ1n) is 7.59. The van der Waals surface area contributed by atoms with E-state index in [1.807, 2.05) is 13.0 Å². The molecule has 1 N–H and O–H groups in total. The van der Waals surface area contributed by atoms with Gasteiger partial charge in [0.2, 0.25) is 0 Å². The van der Waals surface area contributed by atoms with Gasteiger partial charge in [-0.05, 0) is 37.6 Å². The zero-order valence-electron chi connectivity index (χ0n) is 13.2. The van der Waals surface area contributed by atoms with Gasteiger partial charge in [-0.3, -0.25) is 4.79 Å². The van der Waals surface area contributed by atoms with Gasteiger partial charge in [-0.1, -0.05) is 31.2 Å². The molecule has 122 valence electrons. The zero-order chi connectivity index (χ0) is 16.7. The topological polar surface area (TPSA) is 47.6 Å². The minimum Gasteiger partial charge on any atom is -0.492 e. The number of hydrogen-bond donors (Lipinski definition) is 1. The van der Waals surface area contributed by atoms with Crippen LogP contribution in [0.5, 0.6) is 11.5 Å². The molecule has 2 aromatic rings. The van der Waals surface area contributed by atoms with Crippen molar-refractivity contribution in [3.8, 4) is 11.5 Å². The number of halogens is 1. The number of carbonyl (C=O) groups excluding carboxylic acids is 1. The van der Waals surface area contributed by atoms with E-state index in [4.69, 9.17) is 9.47 Å². The second-order valence-electron chi connectivity index (χ2n) is 4.86. The van der Waals surface area contributed by atoms with Crippen LogP contribution in [0.1, 0.15) is 20.3 Å². The first kappa shape index (κ1) is 16.8. The molecule has 0 spiro atoms. The number of anilines is 1. The predicted octanol–water partition coefficient (Wildman–Crippen LogP) is 4.02. The van der Waals surface area contributed by atoms with Crippen molar-refractivity contribution in [3.63, 3.8) is 0 Å². The summed E-state index contributed by atoms with van der Waals surface area (Å²) in [5.74, 6) is -0.187. The Labute approximate surface area is 135 Å². The fraction of sp³-hybridized carbons (Fsp3) is 0.278. The number of carbonyl (C=O) groups is 1. The molecular formula is C18H20FNO3. The van der Waals surface area contributed by atoms with Crippen LogP contribution in [0.2, 0.25) is 0 Å². The lowest BCUT2D eigenvalue weighted by Gasteiger charge is -2.18. The summed E-state index contributed by atoms with van der Waals surface area (Å²) in [5, 5.41) is 2.77. The second kappa shape index (κ2) is 8.17. The number of rotatable bonds is 7. The summed E-state index contributed by atoms with van der Waals surface area (Å²) in [6.07, 6.45) is -0.377. The summed E-state index contributed by atoms with van der Waals surface area (Å²) < 4.78 is 24.6. The van der Waals surface area contributed by atoms with Crippen LogP contribution in [0.15, 0.2) is 48.5 Å². The molecule has 0 heterocycles. The van der Waals surface area contributed by atoms with Crippen molar-refractivity contribution in [1.82, 2.24) is 0 Å². The third-order valence-electron chi connectivity index (χ3n) is 3.21. The molecule has 0 fully saturated rings. The predicted molar refractivity (Wildman–Crippen MR) is 87.3 cm³/mol. The monoisotopic (exact) mass is 317 g/mol. The number of nitrogens with one attached hydrogen (secondary N) is 1. The molecule has 0 aliphatic carbocycles. The van der Waals surface area contributed by atoms with Crippen molar-refractivity contribution in [2.24, 2.45) is 0 Å². The molecule has 23 heavy (non-hydrogen) atoms. The third-order valence-corrected chi connectivity index (χ3v) is 3.21. The molecule has 4 nitrogen and oxygen atoms in total. The Morgan fingerprint density at radius 2 is 1.74 bits per heavy atom. The Hall–Kier alpha value is -2.56. The summed E-state index contributed by atoms with van der Waals surface area (Å²) in [6, 6.07) is 13.2. The Balaban J connectivity index is 2.10. The second-order valence-corrected chi connectivity index (χ2v) is 4.86. The summed E-state index contributed by atoms with van der Waals surface area (Å²) in [7, 11) is 0. The van der Waals surface area contributed by atoms with Gasteiger partial charge in [0.05, 0.1) is 12.3 Å². The molecule has 0 radical (unpaired) electrons. The molecule has 0 bridgehead atoms. The van der Waals surface area contributed by atoms with E-state index in [1.54, 1.807) is 37.3 Å². The van der Waals surface area contributed by atoms with Gasteiger partial charge in [0.25, 0.3) is 5.91 Å². The van der Waals surface area contributed by atoms with Gasteiger partial charge in [0.15, 0.2) is 17.7 Å². The van der Waals surface area contributed by atoms with Crippen molar-refractivity contribution in [2.45, 2.75) is 26.4 Å². The molecular weight excluding hydrogens is 297 g/mol. The highest BCUT2D eigenvalue weighted by molar-refractivity contribution is 5.95. The van der Waals surface area contributed by atoms with Gasteiger partial charge in [-0.2, -0.15) is 0 Å². The van der Waals surface area contributed by atoms with E-state index in [0.29, 0.717) is 24.5 Å². The Morgan fingerprint density at radius 3 is 2.39 bits per heavy atom. The van der Waals surface area contributed by atoms with Gasteiger partial charge >= 0.3 is 0 Å². The van der Waals surface area contributed by atoms with E-state index in [9.17, 15) is 9.18 Å². The highest BCUT2D eigenvalue weighted by Gasteiger charge is 2.21. The maximum absolute atomic E-state index is 13.7. The minimum atomic E-state index is -0.790. The van der Waals surface area contributed by atoms with Gasteiger partial charge in [0.1, 0.15) is 5.75 Å². The molecule has 0 aliphatic rings. The largest absolute Gasteiger partial charge is 0.492 e. The molecule has 0 aliphatic heterocycles. The average molecular weight is 317 g/mol. The summed E-state index contributed by atoms with van der Waals surface area (Å²) in [5.41, 5.74) is 0.565. The maximum atomic E-state index is 13.7. The number of hydrogen-bond acceptors (Lipinski definition) is 3. The lowest BCUT2D eigenvalue weighted by Crippen LogP contribution is -2.32. The molecule has 2 rings (SSSR count).